The molecule has 0 saturated heterocycles. The minimum Gasteiger partial charge on any atom is -0.458 e. The molecule has 0 spiro atoms. The lowest BCUT2D eigenvalue weighted by Gasteiger charge is -2.32. The summed E-state index contributed by atoms with van der Waals surface area (Å²) < 4.78 is 21.6. The molecule has 1 aliphatic rings. The van der Waals surface area contributed by atoms with Crippen LogP contribution in [0.25, 0.3) is 0 Å². The number of benzene rings is 2. The van der Waals surface area contributed by atoms with E-state index >= 15 is 0 Å². The van der Waals surface area contributed by atoms with E-state index in [1.807, 2.05) is 32.9 Å². The standard InChI is InChI=1S/C34H34O8/c1-8-30(35)40-27-15-17-29(18-16-27)42-33(38)25-10-9-24(19-22(4)20-25)32(37)41-28-13-11-26(12-14-28)34(6,7)23(5)39-31(36)21(2)3/h8-18,20,23H,1-2,19H2,3-7H3. The fourth-order valence-electron chi connectivity index (χ4n) is 3.85. The van der Waals surface area contributed by atoms with Gasteiger partial charge in [-0.3, -0.25) is 0 Å². The third-order valence-corrected chi connectivity index (χ3v) is 6.71. The van der Waals surface area contributed by atoms with Crippen LogP contribution < -0.4 is 14.2 Å². The second kappa shape index (κ2) is 13.6. The molecule has 0 aromatic heterocycles. The van der Waals surface area contributed by atoms with E-state index in [4.69, 9.17) is 18.9 Å². The van der Waals surface area contributed by atoms with Crippen LogP contribution in [0.4, 0.5) is 0 Å². The maximum Gasteiger partial charge on any atom is 0.343 e. The van der Waals surface area contributed by atoms with Gasteiger partial charge in [-0.05, 0) is 74.9 Å². The molecule has 0 amide bonds. The van der Waals surface area contributed by atoms with Crippen molar-refractivity contribution in [1.82, 2.24) is 0 Å². The highest BCUT2D eigenvalue weighted by Gasteiger charge is 2.31. The Morgan fingerprint density at radius 3 is 1.93 bits per heavy atom. The van der Waals surface area contributed by atoms with E-state index in [-0.39, 0.29) is 23.5 Å². The molecule has 3 rings (SSSR count). The van der Waals surface area contributed by atoms with Gasteiger partial charge in [0.1, 0.15) is 23.4 Å². The highest BCUT2D eigenvalue weighted by atomic mass is 16.6. The van der Waals surface area contributed by atoms with Crippen molar-refractivity contribution in [2.24, 2.45) is 0 Å². The van der Waals surface area contributed by atoms with Gasteiger partial charge in [-0.2, -0.15) is 0 Å². The van der Waals surface area contributed by atoms with E-state index in [0.29, 0.717) is 16.9 Å². The van der Waals surface area contributed by atoms with Crippen molar-refractivity contribution >= 4 is 23.9 Å². The summed E-state index contributed by atoms with van der Waals surface area (Å²) in [6, 6.07) is 13.0. The number of carbonyl (C=O) groups excluding carboxylic acids is 4. The van der Waals surface area contributed by atoms with Crippen LogP contribution in [0.2, 0.25) is 0 Å². The second-order valence-corrected chi connectivity index (χ2v) is 10.4. The van der Waals surface area contributed by atoms with Crippen LogP contribution in [0.3, 0.4) is 0 Å². The number of allylic oxidation sites excluding steroid dienone is 3. The van der Waals surface area contributed by atoms with E-state index in [1.54, 1.807) is 38.1 Å². The molecule has 218 valence electrons. The molecule has 1 unspecified atom stereocenters. The first kappa shape index (κ1) is 31.5. The molecule has 0 radical (unpaired) electrons. The molecule has 0 fully saturated rings. The average molecular weight is 571 g/mol. The number of hydrogen-bond acceptors (Lipinski definition) is 8. The van der Waals surface area contributed by atoms with Crippen molar-refractivity contribution in [3.8, 4) is 17.2 Å². The number of ether oxygens (including phenoxy) is 4. The molecule has 0 heterocycles. The van der Waals surface area contributed by atoms with Gasteiger partial charge in [0.05, 0.1) is 5.57 Å². The molecule has 0 N–H and O–H groups in total. The summed E-state index contributed by atoms with van der Waals surface area (Å²) in [6.07, 6.45) is 5.61. The Hall–Kier alpha value is -4.98. The Kier molecular flexibility index (Phi) is 10.2. The van der Waals surface area contributed by atoms with Crippen molar-refractivity contribution in [2.75, 3.05) is 0 Å². The second-order valence-electron chi connectivity index (χ2n) is 10.4. The van der Waals surface area contributed by atoms with Crippen LogP contribution in [0.5, 0.6) is 17.2 Å². The lowest BCUT2D eigenvalue weighted by molar-refractivity contribution is -0.146. The fraction of sp³-hybridized carbons (Fsp3) is 0.235. The fourth-order valence-corrected chi connectivity index (χ4v) is 3.85. The third-order valence-electron chi connectivity index (χ3n) is 6.71. The summed E-state index contributed by atoms with van der Waals surface area (Å²) in [5.41, 5.74) is 2.11. The molecule has 0 bridgehead atoms. The van der Waals surface area contributed by atoms with Crippen LogP contribution in [-0.4, -0.2) is 30.0 Å². The van der Waals surface area contributed by atoms with Crippen LogP contribution in [0.1, 0.15) is 46.6 Å². The van der Waals surface area contributed by atoms with Crippen LogP contribution in [0.15, 0.2) is 108 Å². The number of hydrogen-bond donors (Lipinski definition) is 0. The van der Waals surface area contributed by atoms with Gasteiger partial charge in [0.2, 0.25) is 0 Å². The highest BCUT2D eigenvalue weighted by molar-refractivity contribution is 5.96. The minimum absolute atomic E-state index is 0.255. The van der Waals surface area contributed by atoms with Gasteiger partial charge in [0, 0.05) is 29.1 Å². The number of rotatable bonds is 10. The molecular formula is C34H34O8. The largest absolute Gasteiger partial charge is 0.458 e. The predicted molar refractivity (Wildman–Crippen MR) is 158 cm³/mol. The Bertz CT molecular complexity index is 1480. The summed E-state index contributed by atoms with van der Waals surface area (Å²) >= 11 is 0. The molecule has 1 aliphatic carbocycles. The Balaban J connectivity index is 1.66. The van der Waals surface area contributed by atoms with Crippen molar-refractivity contribution in [3.63, 3.8) is 0 Å². The SMILES string of the molecule is C=CC(=O)Oc1ccc(OC(=O)C2=CC=C(C(=O)Oc3ccc(C(C)(C)C(C)OC(=O)C(=C)C)cc3)CC(C)=C2)cc1. The molecule has 42 heavy (non-hydrogen) atoms. The van der Waals surface area contributed by atoms with Gasteiger partial charge in [-0.25, -0.2) is 19.2 Å². The number of carbonyl (C=O) groups is 4. The van der Waals surface area contributed by atoms with Gasteiger partial charge in [-0.15, -0.1) is 0 Å². The quantitative estimate of drug-likeness (QED) is 0.187. The minimum atomic E-state index is -0.614. The van der Waals surface area contributed by atoms with Crippen molar-refractivity contribution in [1.29, 1.82) is 0 Å². The summed E-state index contributed by atoms with van der Waals surface area (Å²) in [4.78, 5) is 49.0. The first-order valence-corrected chi connectivity index (χ1v) is 13.2. The zero-order valence-electron chi connectivity index (χ0n) is 24.4. The monoisotopic (exact) mass is 570 g/mol. The van der Waals surface area contributed by atoms with Gasteiger partial charge in [0.25, 0.3) is 0 Å². The van der Waals surface area contributed by atoms with E-state index < -0.39 is 35.4 Å². The molecule has 2 aromatic rings. The van der Waals surface area contributed by atoms with Crippen LogP contribution in [-0.2, 0) is 29.3 Å². The van der Waals surface area contributed by atoms with Gasteiger partial charge in [0.15, 0.2) is 0 Å². The maximum absolute atomic E-state index is 13.0. The third kappa shape index (κ3) is 8.27. The average Bonchev–Trinajstić information content (AvgIpc) is 3.15. The first-order valence-electron chi connectivity index (χ1n) is 13.2. The number of esters is 4. The van der Waals surface area contributed by atoms with Gasteiger partial charge < -0.3 is 18.9 Å². The molecular weight excluding hydrogens is 536 g/mol. The van der Waals surface area contributed by atoms with Crippen LogP contribution >= 0.6 is 0 Å². The molecule has 8 heteroatoms. The first-order chi connectivity index (χ1) is 19.8. The maximum atomic E-state index is 13.0. The summed E-state index contributed by atoms with van der Waals surface area (Å²) in [6.45, 7) is 16.1. The van der Waals surface area contributed by atoms with Crippen molar-refractivity contribution < 1.29 is 38.1 Å². The van der Waals surface area contributed by atoms with E-state index in [0.717, 1.165) is 17.2 Å². The lowest BCUT2D eigenvalue weighted by atomic mass is 9.80. The Labute approximate surface area is 245 Å². The lowest BCUT2D eigenvalue weighted by Crippen LogP contribution is -2.35. The zero-order chi connectivity index (χ0) is 31.0. The topological polar surface area (TPSA) is 105 Å². The normalized spacial score (nSPS) is 13.7. The van der Waals surface area contributed by atoms with Crippen molar-refractivity contribution in [3.05, 3.63) is 114 Å². The van der Waals surface area contributed by atoms with E-state index in [9.17, 15) is 19.2 Å². The van der Waals surface area contributed by atoms with Crippen LogP contribution in [0, 0.1) is 0 Å². The van der Waals surface area contributed by atoms with Crippen molar-refractivity contribution in [2.45, 2.75) is 52.6 Å². The smallest absolute Gasteiger partial charge is 0.343 e. The van der Waals surface area contributed by atoms with Gasteiger partial charge in [-0.1, -0.05) is 50.8 Å². The predicted octanol–water partition coefficient (Wildman–Crippen LogP) is 6.28. The van der Waals surface area contributed by atoms with Gasteiger partial charge >= 0.3 is 23.9 Å². The summed E-state index contributed by atoms with van der Waals surface area (Å²) in [7, 11) is 0. The molecule has 0 aliphatic heterocycles. The molecule has 0 saturated carbocycles. The van der Waals surface area contributed by atoms with E-state index in [1.165, 1.54) is 30.3 Å². The molecule has 2 aromatic carbocycles. The summed E-state index contributed by atoms with van der Waals surface area (Å²) in [5.74, 6) is -1.31. The van der Waals surface area contributed by atoms with E-state index in [2.05, 4.69) is 13.2 Å². The molecule has 8 nitrogen and oxygen atoms in total. The Morgan fingerprint density at radius 1 is 0.857 bits per heavy atom. The Morgan fingerprint density at radius 2 is 1.38 bits per heavy atom. The zero-order valence-corrected chi connectivity index (χ0v) is 24.4. The molecule has 1 atom stereocenters. The summed E-state index contributed by atoms with van der Waals surface area (Å²) in [5, 5.41) is 0. The highest BCUT2D eigenvalue weighted by Crippen LogP contribution is 2.31.